The minimum atomic E-state index is -3.34. The standard InChI is InChI=1S/C16H20N6O4S/c1-27(24,25)22-6-11(14-18-13(20-26-14)10-2-3-10)16(9-22)7-21(8-16)15(23)12-4-5-17-19-12/h4-5,10-11H,2-3,6-9H2,1H3,(H,17,19). The first kappa shape index (κ1) is 16.9. The van der Waals surface area contributed by atoms with E-state index in [1.165, 1.54) is 16.8 Å². The van der Waals surface area contributed by atoms with Crippen LogP contribution in [0.2, 0.25) is 0 Å². The summed E-state index contributed by atoms with van der Waals surface area (Å²) in [6.45, 7) is 1.55. The Morgan fingerprint density at radius 2 is 2.11 bits per heavy atom. The Hall–Kier alpha value is -2.27. The number of rotatable bonds is 4. The van der Waals surface area contributed by atoms with Crippen LogP contribution in [0.25, 0.3) is 0 Å². The number of aromatic amines is 1. The number of amides is 1. The molecule has 2 aromatic rings. The van der Waals surface area contributed by atoms with Crippen molar-refractivity contribution >= 4 is 15.9 Å². The van der Waals surface area contributed by atoms with Crippen LogP contribution in [0.1, 0.15) is 46.9 Å². The van der Waals surface area contributed by atoms with Crippen LogP contribution in [0.3, 0.4) is 0 Å². The van der Waals surface area contributed by atoms with E-state index in [1.807, 2.05) is 0 Å². The normalized spacial score (nSPS) is 25.1. The van der Waals surface area contributed by atoms with E-state index in [0.717, 1.165) is 12.8 Å². The number of carbonyl (C=O) groups is 1. The van der Waals surface area contributed by atoms with Crippen molar-refractivity contribution in [2.75, 3.05) is 32.4 Å². The molecule has 1 aliphatic carbocycles. The van der Waals surface area contributed by atoms with Gasteiger partial charge in [-0.3, -0.25) is 9.89 Å². The van der Waals surface area contributed by atoms with Gasteiger partial charge >= 0.3 is 0 Å². The third kappa shape index (κ3) is 2.76. The Morgan fingerprint density at radius 1 is 1.33 bits per heavy atom. The Bertz CT molecular complexity index is 974. The van der Waals surface area contributed by atoms with Gasteiger partial charge in [0.15, 0.2) is 5.82 Å². The second kappa shape index (κ2) is 5.61. The van der Waals surface area contributed by atoms with Gasteiger partial charge in [0.1, 0.15) is 5.69 Å². The summed E-state index contributed by atoms with van der Waals surface area (Å²) in [6, 6.07) is 1.63. The van der Waals surface area contributed by atoms with Gasteiger partial charge in [0.25, 0.3) is 5.91 Å². The van der Waals surface area contributed by atoms with Crippen LogP contribution in [-0.2, 0) is 10.0 Å². The molecule has 4 heterocycles. The summed E-state index contributed by atoms with van der Waals surface area (Å²) in [4.78, 5) is 18.8. The fourth-order valence-corrected chi connectivity index (χ4v) is 5.05. The van der Waals surface area contributed by atoms with Gasteiger partial charge in [0, 0.05) is 43.7 Å². The van der Waals surface area contributed by atoms with E-state index in [4.69, 9.17) is 4.52 Å². The molecule has 0 aromatic carbocycles. The van der Waals surface area contributed by atoms with Crippen molar-refractivity contribution in [3.8, 4) is 0 Å². The first-order valence-corrected chi connectivity index (χ1v) is 10.8. The zero-order chi connectivity index (χ0) is 18.8. The molecule has 1 unspecified atom stereocenters. The van der Waals surface area contributed by atoms with E-state index in [2.05, 4.69) is 20.3 Å². The highest BCUT2D eigenvalue weighted by atomic mass is 32.2. The molecule has 10 nitrogen and oxygen atoms in total. The summed E-state index contributed by atoms with van der Waals surface area (Å²) in [5.74, 6) is 1.21. The highest BCUT2D eigenvalue weighted by molar-refractivity contribution is 7.88. The van der Waals surface area contributed by atoms with Crippen molar-refractivity contribution in [1.82, 2.24) is 29.5 Å². The van der Waals surface area contributed by atoms with Gasteiger partial charge in [0.05, 0.1) is 12.2 Å². The maximum absolute atomic E-state index is 12.5. The molecular weight excluding hydrogens is 372 g/mol. The molecule has 0 bridgehead atoms. The summed E-state index contributed by atoms with van der Waals surface area (Å²) in [7, 11) is -3.34. The fourth-order valence-electron chi connectivity index (χ4n) is 4.14. The molecule has 1 atom stereocenters. The van der Waals surface area contributed by atoms with Gasteiger partial charge in [-0.15, -0.1) is 0 Å². The Kier molecular flexibility index (Phi) is 3.51. The van der Waals surface area contributed by atoms with Crippen molar-refractivity contribution in [2.45, 2.75) is 24.7 Å². The highest BCUT2D eigenvalue weighted by Gasteiger charge is 2.59. The summed E-state index contributed by atoms with van der Waals surface area (Å²) >= 11 is 0. The number of nitrogens with zero attached hydrogens (tertiary/aromatic N) is 5. The van der Waals surface area contributed by atoms with E-state index >= 15 is 0 Å². The molecule has 5 rings (SSSR count). The minimum absolute atomic E-state index is 0.140. The van der Waals surface area contributed by atoms with Crippen LogP contribution >= 0.6 is 0 Å². The molecule has 144 valence electrons. The molecule has 27 heavy (non-hydrogen) atoms. The molecule has 1 amide bonds. The predicted molar refractivity (Wildman–Crippen MR) is 92.4 cm³/mol. The lowest BCUT2D eigenvalue weighted by Gasteiger charge is -2.49. The van der Waals surface area contributed by atoms with Gasteiger partial charge < -0.3 is 9.42 Å². The zero-order valence-corrected chi connectivity index (χ0v) is 15.6. The number of carbonyl (C=O) groups excluding carboxylic acids is 1. The third-order valence-electron chi connectivity index (χ3n) is 5.81. The van der Waals surface area contributed by atoms with Gasteiger partial charge in [-0.1, -0.05) is 5.16 Å². The summed E-state index contributed by atoms with van der Waals surface area (Å²) in [5, 5.41) is 10.6. The number of likely N-dealkylation sites (tertiary alicyclic amines) is 1. The second-order valence-corrected chi connectivity index (χ2v) is 9.85. The maximum atomic E-state index is 12.5. The zero-order valence-electron chi connectivity index (χ0n) is 14.8. The summed E-state index contributed by atoms with van der Waals surface area (Å²) in [6.07, 6.45) is 4.87. The highest BCUT2D eigenvalue weighted by Crippen LogP contribution is 2.50. The van der Waals surface area contributed by atoms with Gasteiger partial charge in [-0.2, -0.15) is 10.1 Å². The SMILES string of the molecule is CS(=O)(=O)N1CC(c2nc(C3CC3)no2)C2(CN(C(=O)c3ccn[nH]3)C2)C1. The number of H-pyrrole nitrogens is 1. The van der Waals surface area contributed by atoms with Crippen molar-refractivity contribution in [3.05, 3.63) is 29.7 Å². The molecule has 2 aliphatic heterocycles. The first-order valence-electron chi connectivity index (χ1n) is 8.93. The Morgan fingerprint density at radius 3 is 2.74 bits per heavy atom. The topological polar surface area (TPSA) is 125 Å². The fraction of sp³-hybridized carbons (Fsp3) is 0.625. The molecule has 0 radical (unpaired) electrons. The molecule has 11 heteroatoms. The number of sulfonamides is 1. The molecular formula is C16H20N6O4S. The quantitative estimate of drug-likeness (QED) is 0.786. The number of aromatic nitrogens is 4. The Labute approximate surface area is 156 Å². The lowest BCUT2D eigenvalue weighted by Crippen LogP contribution is -2.61. The molecule has 1 saturated carbocycles. The van der Waals surface area contributed by atoms with E-state index < -0.39 is 15.4 Å². The average molecular weight is 392 g/mol. The van der Waals surface area contributed by atoms with Gasteiger partial charge in [-0.25, -0.2) is 12.7 Å². The molecule has 2 saturated heterocycles. The summed E-state index contributed by atoms with van der Waals surface area (Å²) < 4.78 is 31.2. The number of hydrogen-bond acceptors (Lipinski definition) is 7. The smallest absolute Gasteiger partial charge is 0.271 e. The number of hydrogen-bond donors (Lipinski definition) is 1. The van der Waals surface area contributed by atoms with Crippen molar-refractivity contribution in [3.63, 3.8) is 0 Å². The van der Waals surface area contributed by atoms with E-state index in [0.29, 0.717) is 49.5 Å². The van der Waals surface area contributed by atoms with Crippen LogP contribution < -0.4 is 0 Å². The maximum Gasteiger partial charge on any atom is 0.271 e. The molecule has 3 aliphatic rings. The molecule has 1 N–H and O–H groups in total. The van der Waals surface area contributed by atoms with E-state index in [-0.39, 0.29) is 11.8 Å². The summed E-state index contributed by atoms with van der Waals surface area (Å²) in [5.41, 5.74) is 0.0275. The first-order chi connectivity index (χ1) is 12.9. The minimum Gasteiger partial charge on any atom is -0.339 e. The monoisotopic (exact) mass is 392 g/mol. The van der Waals surface area contributed by atoms with Crippen molar-refractivity contribution in [2.24, 2.45) is 5.41 Å². The second-order valence-electron chi connectivity index (χ2n) is 7.87. The van der Waals surface area contributed by atoms with Crippen molar-refractivity contribution in [1.29, 1.82) is 0 Å². The third-order valence-corrected chi connectivity index (χ3v) is 7.03. The van der Waals surface area contributed by atoms with Crippen LogP contribution in [0.15, 0.2) is 16.8 Å². The number of nitrogens with one attached hydrogen (secondary N) is 1. The molecule has 2 aromatic heterocycles. The van der Waals surface area contributed by atoms with Crippen LogP contribution in [0.5, 0.6) is 0 Å². The van der Waals surface area contributed by atoms with Gasteiger partial charge in [0.2, 0.25) is 15.9 Å². The van der Waals surface area contributed by atoms with Crippen molar-refractivity contribution < 1.29 is 17.7 Å². The molecule has 1 spiro atoms. The van der Waals surface area contributed by atoms with E-state index in [1.54, 1.807) is 11.0 Å². The Balaban J connectivity index is 1.41. The largest absolute Gasteiger partial charge is 0.339 e. The lowest BCUT2D eigenvalue weighted by molar-refractivity contribution is 0.000884. The average Bonchev–Trinajstić information content (AvgIpc) is 3.06. The van der Waals surface area contributed by atoms with E-state index in [9.17, 15) is 13.2 Å². The van der Waals surface area contributed by atoms with Gasteiger partial charge in [-0.05, 0) is 18.9 Å². The lowest BCUT2D eigenvalue weighted by atomic mass is 9.71. The predicted octanol–water partition coefficient (Wildman–Crippen LogP) is 0.171. The van der Waals surface area contributed by atoms with Crippen LogP contribution in [-0.4, -0.2) is 76.3 Å². The molecule has 3 fully saturated rings. The van der Waals surface area contributed by atoms with Crippen LogP contribution in [0, 0.1) is 5.41 Å². The van der Waals surface area contributed by atoms with Crippen LogP contribution in [0.4, 0.5) is 0 Å².